The molecule has 1 aromatic rings. The molecule has 0 spiro atoms. The van der Waals surface area contributed by atoms with Gasteiger partial charge in [-0.1, -0.05) is 19.1 Å². The number of benzene rings is 1. The van der Waals surface area contributed by atoms with Gasteiger partial charge in [0, 0.05) is 20.1 Å². The zero-order chi connectivity index (χ0) is 15.0. The Labute approximate surface area is 142 Å². The Balaban J connectivity index is 0.00000400. The number of hydrogen-bond donors (Lipinski definition) is 2. The zero-order valence-electron chi connectivity index (χ0n) is 12.1. The number of sulfone groups is 1. The molecule has 0 aromatic heterocycles. The highest BCUT2D eigenvalue weighted by Crippen LogP contribution is 2.14. The lowest BCUT2D eigenvalue weighted by Crippen LogP contribution is -2.39. The van der Waals surface area contributed by atoms with Gasteiger partial charge in [-0.25, -0.2) is 12.8 Å². The van der Waals surface area contributed by atoms with Gasteiger partial charge < -0.3 is 10.6 Å². The van der Waals surface area contributed by atoms with Crippen molar-refractivity contribution in [3.05, 3.63) is 30.1 Å². The average molecular weight is 429 g/mol. The summed E-state index contributed by atoms with van der Waals surface area (Å²) in [5, 5.41) is 5.91. The van der Waals surface area contributed by atoms with Crippen LogP contribution in [0.4, 0.5) is 4.39 Å². The summed E-state index contributed by atoms with van der Waals surface area (Å²) in [4.78, 5) is 3.70. The maximum Gasteiger partial charge on any atom is 0.191 e. The first-order valence-corrected chi connectivity index (χ1v) is 8.08. The molecule has 2 N–H and O–H groups in total. The molecule has 0 radical (unpaired) electrons. The van der Waals surface area contributed by atoms with Gasteiger partial charge in [0.1, 0.15) is 10.7 Å². The molecular formula is C13H21FIN3O2S. The Morgan fingerprint density at radius 3 is 2.43 bits per heavy atom. The third-order valence-corrected chi connectivity index (χ3v) is 4.34. The van der Waals surface area contributed by atoms with Gasteiger partial charge in [0.2, 0.25) is 0 Å². The standard InChI is InChI=1S/C13H20FN3O2S.HI/c1-3-8-16-13(15-2)17-9-10-20(18,19)12-7-5-4-6-11(12)14;/h4-7H,3,8-10H2,1-2H3,(H2,15,16,17);1H. The van der Waals surface area contributed by atoms with E-state index < -0.39 is 15.7 Å². The summed E-state index contributed by atoms with van der Waals surface area (Å²) in [7, 11) is -2.03. The highest BCUT2D eigenvalue weighted by molar-refractivity contribution is 14.0. The molecule has 0 bridgehead atoms. The number of hydrogen-bond acceptors (Lipinski definition) is 3. The summed E-state index contributed by atoms with van der Waals surface area (Å²) < 4.78 is 37.5. The highest BCUT2D eigenvalue weighted by Gasteiger charge is 2.18. The van der Waals surface area contributed by atoms with Crippen molar-refractivity contribution in [1.29, 1.82) is 0 Å². The summed E-state index contributed by atoms with van der Waals surface area (Å²) >= 11 is 0. The number of guanidine groups is 1. The second-order valence-corrected chi connectivity index (χ2v) is 6.25. The van der Waals surface area contributed by atoms with E-state index in [0.717, 1.165) is 19.0 Å². The van der Waals surface area contributed by atoms with E-state index in [1.54, 1.807) is 7.05 Å². The van der Waals surface area contributed by atoms with Crippen molar-refractivity contribution in [2.24, 2.45) is 4.99 Å². The quantitative estimate of drug-likeness (QED) is 0.411. The molecule has 0 saturated carbocycles. The molecule has 0 amide bonds. The van der Waals surface area contributed by atoms with E-state index in [1.807, 2.05) is 6.92 Å². The van der Waals surface area contributed by atoms with Crippen molar-refractivity contribution in [2.45, 2.75) is 18.2 Å². The van der Waals surface area contributed by atoms with Crippen LogP contribution in [0.1, 0.15) is 13.3 Å². The van der Waals surface area contributed by atoms with E-state index in [2.05, 4.69) is 15.6 Å². The fraction of sp³-hybridized carbons (Fsp3) is 0.462. The van der Waals surface area contributed by atoms with E-state index in [9.17, 15) is 12.8 Å². The molecule has 1 aromatic carbocycles. The third-order valence-electron chi connectivity index (χ3n) is 2.60. The highest BCUT2D eigenvalue weighted by atomic mass is 127. The van der Waals surface area contributed by atoms with Crippen molar-refractivity contribution >= 4 is 39.8 Å². The van der Waals surface area contributed by atoms with Crippen LogP contribution in [-0.2, 0) is 9.84 Å². The van der Waals surface area contributed by atoms with Crippen molar-refractivity contribution in [1.82, 2.24) is 10.6 Å². The first kappa shape index (κ1) is 20.1. The van der Waals surface area contributed by atoms with E-state index >= 15 is 0 Å². The molecule has 0 heterocycles. The summed E-state index contributed by atoms with van der Waals surface area (Å²) in [6.45, 7) is 2.93. The SMILES string of the molecule is CCCNC(=NC)NCCS(=O)(=O)c1ccccc1F.I. The Morgan fingerprint density at radius 1 is 1.24 bits per heavy atom. The van der Waals surface area contributed by atoms with Crippen LogP contribution in [0.2, 0.25) is 0 Å². The summed E-state index contributed by atoms with van der Waals surface area (Å²) in [6, 6.07) is 5.38. The third kappa shape index (κ3) is 6.60. The molecule has 5 nitrogen and oxygen atoms in total. The summed E-state index contributed by atoms with van der Waals surface area (Å²) in [5.41, 5.74) is 0. The van der Waals surface area contributed by atoms with Gasteiger partial charge >= 0.3 is 0 Å². The number of rotatable bonds is 6. The smallest absolute Gasteiger partial charge is 0.191 e. The van der Waals surface area contributed by atoms with Crippen molar-refractivity contribution < 1.29 is 12.8 Å². The summed E-state index contributed by atoms with van der Waals surface area (Å²) in [5.74, 6) is -0.377. The minimum atomic E-state index is -3.64. The van der Waals surface area contributed by atoms with Crippen molar-refractivity contribution in [3.63, 3.8) is 0 Å². The van der Waals surface area contributed by atoms with Crippen molar-refractivity contribution in [3.8, 4) is 0 Å². The van der Waals surface area contributed by atoms with Crippen LogP contribution < -0.4 is 10.6 Å². The monoisotopic (exact) mass is 429 g/mol. The number of nitrogens with one attached hydrogen (secondary N) is 2. The van der Waals surface area contributed by atoms with Gasteiger partial charge in [0.15, 0.2) is 15.8 Å². The molecule has 0 atom stereocenters. The second kappa shape index (κ2) is 9.93. The van der Waals surface area contributed by atoms with E-state index in [0.29, 0.717) is 5.96 Å². The maximum atomic E-state index is 13.5. The fourth-order valence-electron chi connectivity index (χ4n) is 1.57. The van der Waals surface area contributed by atoms with E-state index in [-0.39, 0.29) is 41.2 Å². The predicted molar refractivity (Wildman–Crippen MR) is 93.5 cm³/mol. The molecule has 0 saturated heterocycles. The first-order valence-electron chi connectivity index (χ1n) is 6.43. The van der Waals surface area contributed by atoms with Crippen molar-refractivity contribution in [2.75, 3.05) is 25.9 Å². The van der Waals surface area contributed by atoms with Gasteiger partial charge in [-0.2, -0.15) is 0 Å². The minimum absolute atomic E-state index is 0. The molecule has 120 valence electrons. The van der Waals surface area contributed by atoms with Crippen LogP contribution in [0.3, 0.4) is 0 Å². The molecule has 0 aliphatic rings. The number of halogens is 2. The Bertz CT molecular complexity index is 564. The number of aliphatic imine (C=N–C) groups is 1. The van der Waals surface area contributed by atoms with Crippen LogP contribution in [0, 0.1) is 5.82 Å². The Hall–Kier alpha value is -0.900. The maximum absolute atomic E-state index is 13.5. The fourth-order valence-corrected chi connectivity index (χ4v) is 2.82. The van der Waals surface area contributed by atoms with Gasteiger partial charge in [-0.15, -0.1) is 24.0 Å². The van der Waals surface area contributed by atoms with Crippen LogP contribution >= 0.6 is 24.0 Å². The number of nitrogens with zero attached hydrogens (tertiary/aromatic N) is 1. The molecule has 0 aliphatic heterocycles. The average Bonchev–Trinajstić information content (AvgIpc) is 2.42. The summed E-state index contributed by atoms with van der Waals surface area (Å²) in [6.07, 6.45) is 0.939. The Kier molecular flexibility index (Phi) is 9.51. The zero-order valence-corrected chi connectivity index (χ0v) is 15.2. The van der Waals surface area contributed by atoms with Crippen LogP contribution in [-0.4, -0.2) is 40.3 Å². The normalized spacial score (nSPS) is 11.7. The first-order chi connectivity index (χ1) is 9.51. The van der Waals surface area contributed by atoms with Gasteiger partial charge in [-0.05, 0) is 18.6 Å². The predicted octanol–water partition coefficient (Wildman–Crippen LogP) is 1.79. The second-order valence-electron chi connectivity index (χ2n) is 4.18. The molecule has 0 unspecified atom stereocenters. The van der Waals surface area contributed by atoms with Crippen LogP contribution in [0.25, 0.3) is 0 Å². The topological polar surface area (TPSA) is 70.6 Å². The lowest BCUT2D eigenvalue weighted by molar-refractivity contribution is 0.566. The van der Waals surface area contributed by atoms with E-state index in [1.165, 1.54) is 18.2 Å². The van der Waals surface area contributed by atoms with Gasteiger partial charge in [0.25, 0.3) is 0 Å². The molecule has 0 fully saturated rings. The molecular weight excluding hydrogens is 408 g/mol. The molecule has 8 heteroatoms. The molecule has 1 rings (SSSR count). The lowest BCUT2D eigenvalue weighted by Gasteiger charge is -2.11. The van der Waals surface area contributed by atoms with Crippen LogP contribution in [0.5, 0.6) is 0 Å². The lowest BCUT2D eigenvalue weighted by atomic mass is 10.3. The molecule has 21 heavy (non-hydrogen) atoms. The van der Waals surface area contributed by atoms with Crippen LogP contribution in [0.15, 0.2) is 34.2 Å². The minimum Gasteiger partial charge on any atom is -0.356 e. The van der Waals surface area contributed by atoms with Gasteiger partial charge in [-0.3, -0.25) is 4.99 Å². The Morgan fingerprint density at radius 2 is 1.86 bits per heavy atom. The largest absolute Gasteiger partial charge is 0.356 e. The van der Waals surface area contributed by atoms with E-state index in [4.69, 9.17) is 0 Å². The van der Waals surface area contributed by atoms with Gasteiger partial charge in [0.05, 0.1) is 5.75 Å². The molecule has 0 aliphatic carbocycles.